The minimum absolute atomic E-state index is 0.0932. The normalized spacial score (nSPS) is 18.8. The third-order valence-electron chi connectivity index (χ3n) is 5.93. The van der Waals surface area contributed by atoms with Crippen molar-refractivity contribution < 1.29 is 9.47 Å². The molecule has 1 unspecified atom stereocenters. The lowest BCUT2D eigenvalue weighted by Gasteiger charge is -2.35. The monoisotopic (exact) mass is 556 g/mol. The lowest BCUT2D eigenvalue weighted by atomic mass is 9.83. The lowest BCUT2D eigenvalue weighted by molar-refractivity contribution is 0.400. The highest BCUT2D eigenvalue weighted by Gasteiger charge is 2.35. The van der Waals surface area contributed by atoms with Crippen molar-refractivity contribution in [2.75, 3.05) is 19.5 Å². The predicted octanol–water partition coefficient (Wildman–Crippen LogP) is 6.36. The van der Waals surface area contributed by atoms with E-state index in [1.807, 2.05) is 28.9 Å². The van der Waals surface area contributed by atoms with Crippen LogP contribution in [0, 0.1) is 0 Å². The first kappa shape index (κ1) is 21.3. The number of allylic oxidation sites excluding steroid dienone is 2. The summed E-state index contributed by atoms with van der Waals surface area (Å²) in [5.74, 6) is 2.40. The number of nitrogens with zero attached hydrogens (tertiary/aromatic N) is 3. The Morgan fingerprint density at radius 3 is 2.56 bits per heavy atom. The van der Waals surface area contributed by atoms with Crippen molar-refractivity contribution in [1.29, 1.82) is 0 Å². The molecule has 0 radical (unpaired) electrons. The average molecular weight is 558 g/mol. The first-order valence-corrected chi connectivity index (χ1v) is 11.9. The maximum atomic E-state index is 5.73. The van der Waals surface area contributed by atoms with E-state index >= 15 is 0 Å². The van der Waals surface area contributed by atoms with Crippen LogP contribution < -0.4 is 14.8 Å². The van der Waals surface area contributed by atoms with E-state index in [2.05, 4.69) is 65.5 Å². The molecule has 0 saturated carbocycles. The maximum Gasteiger partial charge on any atom is 0.226 e. The Hall–Kier alpha value is -2.58. The van der Waals surface area contributed by atoms with Gasteiger partial charge in [-0.1, -0.05) is 31.9 Å². The van der Waals surface area contributed by atoms with Crippen LogP contribution in [0.25, 0.3) is 6.08 Å². The van der Waals surface area contributed by atoms with Crippen molar-refractivity contribution >= 4 is 43.9 Å². The van der Waals surface area contributed by atoms with Gasteiger partial charge in [-0.25, -0.2) is 4.68 Å². The first-order valence-electron chi connectivity index (χ1n) is 10.4. The minimum atomic E-state index is -0.0932. The smallest absolute Gasteiger partial charge is 0.226 e. The van der Waals surface area contributed by atoms with Gasteiger partial charge in [0.25, 0.3) is 0 Å². The van der Waals surface area contributed by atoms with Gasteiger partial charge in [-0.15, -0.1) is 0 Å². The SMILES string of the molecule is COc1ccc(Br)cc1C=C1CCCC2=C1Nc1ncnn1C2c1cc(Br)ccc1OC. The van der Waals surface area contributed by atoms with Crippen LogP contribution in [0.2, 0.25) is 0 Å². The fraction of sp³-hybridized carbons (Fsp3) is 0.250. The molecule has 0 amide bonds. The van der Waals surface area contributed by atoms with Crippen molar-refractivity contribution in [3.63, 3.8) is 0 Å². The number of aromatic nitrogens is 3. The van der Waals surface area contributed by atoms with Crippen molar-refractivity contribution in [2.45, 2.75) is 25.3 Å². The van der Waals surface area contributed by atoms with Crippen LogP contribution in [-0.2, 0) is 0 Å². The number of methoxy groups -OCH3 is 2. The molecule has 2 aromatic carbocycles. The molecule has 1 aliphatic carbocycles. The summed E-state index contributed by atoms with van der Waals surface area (Å²) in [6.07, 6.45) is 6.80. The highest BCUT2D eigenvalue weighted by molar-refractivity contribution is 9.10. The Labute approximate surface area is 203 Å². The van der Waals surface area contributed by atoms with Crippen LogP contribution in [0.5, 0.6) is 11.5 Å². The molecule has 8 heteroatoms. The molecule has 0 spiro atoms. The fourth-order valence-electron chi connectivity index (χ4n) is 4.54. The quantitative estimate of drug-likeness (QED) is 0.404. The van der Waals surface area contributed by atoms with Gasteiger partial charge in [0, 0.05) is 25.8 Å². The molecule has 1 aliphatic heterocycles. The average Bonchev–Trinajstić information content (AvgIpc) is 3.26. The third kappa shape index (κ3) is 3.75. The zero-order chi connectivity index (χ0) is 22.2. The Kier molecular flexibility index (Phi) is 5.82. The number of fused-ring (bicyclic) bond motifs is 1. The van der Waals surface area contributed by atoms with E-state index in [1.165, 1.54) is 11.1 Å². The highest BCUT2D eigenvalue weighted by Crippen LogP contribution is 2.46. The molecule has 0 bridgehead atoms. The van der Waals surface area contributed by atoms with Crippen molar-refractivity contribution in [3.05, 3.63) is 79.6 Å². The molecule has 3 aromatic rings. The van der Waals surface area contributed by atoms with Gasteiger partial charge in [0.15, 0.2) is 0 Å². The van der Waals surface area contributed by atoms with Gasteiger partial charge in [0.05, 0.1) is 14.2 Å². The van der Waals surface area contributed by atoms with Gasteiger partial charge in [-0.3, -0.25) is 0 Å². The second-order valence-corrected chi connectivity index (χ2v) is 9.58. The number of benzene rings is 2. The number of rotatable bonds is 4. The molecule has 1 atom stereocenters. The number of ether oxygens (including phenoxy) is 2. The molecule has 6 nitrogen and oxygen atoms in total. The summed E-state index contributed by atoms with van der Waals surface area (Å²) in [6.45, 7) is 0. The number of nitrogens with one attached hydrogen (secondary N) is 1. The van der Waals surface area contributed by atoms with E-state index in [0.717, 1.165) is 62.5 Å². The number of hydrogen-bond acceptors (Lipinski definition) is 5. The molecule has 5 rings (SSSR count). The van der Waals surface area contributed by atoms with Gasteiger partial charge in [0.1, 0.15) is 23.9 Å². The first-order chi connectivity index (χ1) is 15.6. The molecule has 0 fully saturated rings. The van der Waals surface area contributed by atoms with Gasteiger partial charge in [0.2, 0.25) is 5.95 Å². The van der Waals surface area contributed by atoms with Crippen LogP contribution in [0.4, 0.5) is 5.95 Å². The standard InChI is InChI=1S/C24H22Br2N4O2/c1-31-20-8-6-16(25)11-15(20)10-14-4-3-5-18-22(14)29-24-27-13-28-30(24)23(18)19-12-17(26)7-9-21(19)32-2/h6-13,23H,3-5H2,1-2H3,(H,27,28,29). The van der Waals surface area contributed by atoms with Gasteiger partial charge in [-0.05, 0) is 72.9 Å². The molecular weight excluding hydrogens is 536 g/mol. The Bertz CT molecular complexity index is 1250. The largest absolute Gasteiger partial charge is 0.496 e. The summed E-state index contributed by atoms with van der Waals surface area (Å²) < 4.78 is 15.3. The molecule has 2 aliphatic rings. The second kappa shape index (κ2) is 8.75. The summed E-state index contributed by atoms with van der Waals surface area (Å²) in [5, 5.41) is 8.10. The number of halogens is 2. The van der Waals surface area contributed by atoms with Gasteiger partial charge >= 0.3 is 0 Å². The zero-order valence-electron chi connectivity index (χ0n) is 17.7. The summed E-state index contributed by atoms with van der Waals surface area (Å²) in [7, 11) is 3.41. The van der Waals surface area contributed by atoms with E-state index < -0.39 is 0 Å². The van der Waals surface area contributed by atoms with Crippen LogP contribution in [0.1, 0.15) is 36.4 Å². The molecule has 1 N–H and O–H groups in total. The van der Waals surface area contributed by atoms with E-state index in [4.69, 9.17) is 9.47 Å². The maximum absolute atomic E-state index is 5.73. The van der Waals surface area contributed by atoms with Gasteiger partial charge in [-0.2, -0.15) is 10.1 Å². The van der Waals surface area contributed by atoms with Gasteiger partial charge < -0.3 is 14.8 Å². The van der Waals surface area contributed by atoms with Crippen LogP contribution in [0.15, 0.2) is 68.5 Å². The van der Waals surface area contributed by atoms with E-state index in [0.29, 0.717) is 0 Å². The molecule has 2 heterocycles. The molecule has 32 heavy (non-hydrogen) atoms. The molecule has 0 saturated heterocycles. The third-order valence-corrected chi connectivity index (χ3v) is 6.91. The van der Waals surface area contributed by atoms with E-state index in [9.17, 15) is 0 Å². The Morgan fingerprint density at radius 2 is 1.78 bits per heavy atom. The second-order valence-electron chi connectivity index (χ2n) is 7.75. The lowest BCUT2D eigenvalue weighted by Crippen LogP contribution is -2.28. The summed E-state index contributed by atoms with van der Waals surface area (Å²) in [4.78, 5) is 4.49. The molecule has 1 aromatic heterocycles. The Balaban J connectivity index is 1.69. The van der Waals surface area contributed by atoms with E-state index in [-0.39, 0.29) is 6.04 Å². The van der Waals surface area contributed by atoms with Crippen molar-refractivity contribution in [2.24, 2.45) is 0 Å². The van der Waals surface area contributed by atoms with E-state index in [1.54, 1.807) is 20.5 Å². The zero-order valence-corrected chi connectivity index (χ0v) is 20.9. The highest BCUT2D eigenvalue weighted by atomic mass is 79.9. The fourth-order valence-corrected chi connectivity index (χ4v) is 5.29. The van der Waals surface area contributed by atoms with Crippen LogP contribution in [0.3, 0.4) is 0 Å². The van der Waals surface area contributed by atoms with Crippen LogP contribution >= 0.6 is 31.9 Å². The minimum Gasteiger partial charge on any atom is -0.496 e. The Morgan fingerprint density at radius 1 is 1.03 bits per heavy atom. The summed E-state index contributed by atoms with van der Waals surface area (Å²) >= 11 is 7.21. The topological polar surface area (TPSA) is 61.2 Å². The number of hydrogen-bond donors (Lipinski definition) is 1. The van der Waals surface area contributed by atoms with Crippen molar-refractivity contribution in [3.8, 4) is 11.5 Å². The predicted molar refractivity (Wildman–Crippen MR) is 132 cm³/mol. The summed E-state index contributed by atoms with van der Waals surface area (Å²) in [5.41, 5.74) is 5.73. The number of anilines is 1. The molecular formula is C24H22Br2N4O2. The summed E-state index contributed by atoms with van der Waals surface area (Å²) in [6, 6.07) is 12.1. The van der Waals surface area contributed by atoms with Crippen molar-refractivity contribution in [1.82, 2.24) is 14.8 Å². The van der Waals surface area contributed by atoms with Crippen LogP contribution in [-0.4, -0.2) is 29.0 Å². The molecule has 164 valence electrons.